The predicted octanol–water partition coefficient (Wildman–Crippen LogP) is 5.71. The molecule has 0 saturated heterocycles. The van der Waals surface area contributed by atoms with Gasteiger partial charge in [0, 0.05) is 0 Å². The smallest absolute Gasteiger partial charge is 0.162 e. The topological polar surface area (TPSA) is 0 Å². The van der Waals surface area contributed by atoms with E-state index in [2.05, 4.69) is 129 Å². The monoisotopic (exact) mass is 462 g/mol. The zero-order valence-corrected chi connectivity index (χ0v) is 22.2. The van der Waals surface area contributed by atoms with Crippen molar-refractivity contribution < 1.29 is 0 Å². The molecule has 0 spiro atoms. The van der Waals surface area contributed by atoms with E-state index in [-0.39, 0.29) is 0 Å². The zero-order valence-electron chi connectivity index (χ0n) is 19.8. The summed E-state index contributed by atoms with van der Waals surface area (Å²) in [5.74, 6) is 0. The molecule has 34 heavy (non-hydrogen) atoms. The van der Waals surface area contributed by atoms with Crippen LogP contribution in [0.4, 0.5) is 0 Å². The Morgan fingerprint density at radius 1 is 0.618 bits per heavy atom. The van der Waals surface area contributed by atoms with Gasteiger partial charge in [-0.05, 0) is 46.1 Å². The molecule has 1 atom stereocenters. The number of allylic oxidation sites excluding steroid dienone is 2. The molecule has 160 valence electrons. The Kier molecular flexibility index (Phi) is 5.82. The van der Waals surface area contributed by atoms with Gasteiger partial charge in [-0.3, -0.25) is 0 Å². The molecule has 0 aliphatic heterocycles. The summed E-state index contributed by atoms with van der Waals surface area (Å²) in [5, 5.41) is 4.52. The Labute approximate surface area is 213 Å². The summed E-state index contributed by atoms with van der Waals surface area (Å²) in [5.41, 5.74) is 9.01. The molecule has 0 amide bonds. The van der Waals surface area contributed by atoms with Crippen LogP contribution < -0.4 is 10.4 Å². The number of rotatable bonds is 4. The molecule has 1 unspecified atom stereocenters. The predicted molar refractivity (Wildman–Crippen MR) is 150 cm³/mol. The van der Waals surface area contributed by atoms with Crippen LogP contribution in [0.2, 0.25) is 0 Å². The minimum Gasteiger partial charge on any atom is -0.162 e. The van der Waals surface area contributed by atoms with Gasteiger partial charge in [0.25, 0.3) is 0 Å². The van der Waals surface area contributed by atoms with Crippen LogP contribution in [0.5, 0.6) is 0 Å². The lowest BCUT2D eigenvalue weighted by molar-refractivity contribution is 1.13. The summed E-state index contributed by atoms with van der Waals surface area (Å²) in [4.78, 5) is 0. The molecule has 2 aliphatic rings. The van der Waals surface area contributed by atoms with Gasteiger partial charge in [-0.2, -0.15) is 3.70 Å². The van der Waals surface area contributed by atoms with Crippen LogP contribution in [-0.4, -0.2) is 33.9 Å². The second-order valence-electron chi connectivity index (χ2n) is 9.41. The Morgan fingerprint density at radius 3 is 1.85 bits per heavy atom. The second kappa shape index (κ2) is 9.11. The van der Waals surface area contributed by atoms with Gasteiger partial charge in [-0.25, -0.2) is 0 Å². The lowest BCUT2D eigenvalue weighted by Gasteiger charge is -2.16. The van der Waals surface area contributed by atoms with Crippen molar-refractivity contribution in [3.8, 4) is 0 Å². The standard InChI is InChI=1S/C22H17Si.C10H9.Mg/c1-17-16-18-10-8-9-15-21(18)22(17)23(19-11-4-2-5-12-19)20-13-6-3-7-14-20;1-8-6-9-4-2-3-5-10(9)7-8;/h2-15H,1H3;2-7H,1H3;. The van der Waals surface area contributed by atoms with E-state index in [1.54, 1.807) is 14.4 Å². The van der Waals surface area contributed by atoms with Crippen molar-refractivity contribution in [3.63, 3.8) is 0 Å². The van der Waals surface area contributed by atoms with Gasteiger partial charge in [0.1, 0.15) is 0 Å². The first-order chi connectivity index (χ1) is 16.7. The summed E-state index contributed by atoms with van der Waals surface area (Å²) in [6.07, 6.45) is 2.41. The molecule has 2 heteroatoms. The van der Waals surface area contributed by atoms with Gasteiger partial charge in [-0.15, -0.1) is 0 Å². The normalized spacial score (nSPS) is 16.1. The van der Waals surface area contributed by atoms with Crippen molar-refractivity contribution in [2.75, 3.05) is 0 Å². The number of hydrogen-bond acceptors (Lipinski definition) is 0. The highest BCUT2D eigenvalue weighted by atomic mass is 28.2. The first kappa shape index (κ1) is 21.7. The van der Waals surface area contributed by atoms with E-state index < -0.39 is 28.8 Å². The Bertz CT molecular complexity index is 1430. The van der Waals surface area contributed by atoms with E-state index in [0.717, 1.165) is 0 Å². The Morgan fingerprint density at radius 2 is 1.18 bits per heavy atom. The minimum absolute atomic E-state index is 0.565. The Hall–Kier alpha value is -2.79. The maximum atomic E-state index is 2.41. The highest BCUT2D eigenvalue weighted by molar-refractivity contribution is 6.96. The van der Waals surface area contributed by atoms with Crippen molar-refractivity contribution >= 4 is 54.1 Å². The van der Waals surface area contributed by atoms with Gasteiger partial charge in [-0.1, -0.05) is 136 Å². The van der Waals surface area contributed by atoms with E-state index in [1.807, 2.05) is 0 Å². The zero-order chi connectivity index (χ0) is 23.1. The third-order valence-electron chi connectivity index (χ3n) is 7.44. The van der Waals surface area contributed by atoms with Crippen LogP contribution in [0.3, 0.4) is 0 Å². The van der Waals surface area contributed by atoms with Gasteiger partial charge in [0.05, 0.1) is 8.41 Å². The number of fused-ring (bicyclic) bond motifs is 2. The van der Waals surface area contributed by atoms with E-state index in [4.69, 9.17) is 0 Å². The molecular weight excluding hydrogens is 437 g/mol. The third kappa shape index (κ3) is 3.71. The summed E-state index contributed by atoms with van der Waals surface area (Å²) < 4.78 is 2.26. The van der Waals surface area contributed by atoms with Crippen molar-refractivity contribution in [1.82, 2.24) is 0 Å². The van der Waals surface area contributed by atoms with Crippen LogP contribution in [0.1, 0.15) is 40.1 Å². The van der Waals surface area contributed by atoms with Crippen LogP contribution in [-0.2, 0) is 0 Å². The number of hydrogen-bond donors (Lipinski definition) is 0. The summed E-state index contributed by atoms with van der Waals surface area (Å²) in [7, 11) is -1.11. The van der Waals surface area contributed by atoms with Crippen LogP contribution >= 0.6 is 0 Å². The molecular formula is C32H26MgSi. The molecule has 2 aliphatic carbocycles. The quantitative estimate of drug-likeness (QED) is 0.341. The fourth-order valence-corrected chi connectivity index (χ4v) is 11.4. The highest BCUT2D eigenvalue weighted by Crippen LogP contribution is 2.40. The van der Waals surface area contributed by atoms with E-state index in [1.165, 1.54) is 38.2 Å². The van der Waals surface area contributed by atoms with Crippen molar-refractivity contribution in [2.24, 2.45) is 0 Å². The van der Waals surface area contributed by atoms with Gasteiger partial charge < -0.3 is 0 Å². The first-order valence-corrected chi connectivity index (χ1v) is 15.2. The van der Waals surface area contributed by atoms with Crippen molar-refractivity contribution in [1.29, 1.82) is 0 Å². The van der Waals surface area contributed by atoms with Gasteiger partial charge >= 0.3 is 20.4 Å². The average molecular weight is 463 g/mol. The molecule has 0 fully saturated rings. The highest BCUT2D eigenvalue weighted by Gasteiger charge is 2.32. The molecule has 6 rings (SSSR count). The van der Waals surface area contributed by atoms with E-state index >= 15 is 0 Å². The lowest BCUT2D eigenvalue weighted by Crippen LogP contribution is -2.40. The first-order valence-electron chi connectivity index (χ1n) is 12.1. The van der Waals surface area contributed by atoms with Gasteiger partial charge in [0.2, 0.25) is 0 Å². The molecule has 0 aromatic heterocycles. The SMILES string of the molecule is CC1=Cc2ccccc2[CH]1[Mg][C]1=C(C)C(=[Si](c2ccccc2)c2ccccc2)c2ccccc21. The fraction of sp³-hybridized carbons (Fsp3) is 0.0938. The van der Waals surface area contributed by atoms with E-state index in [9.17, 15) is 0 Å². The summed E-state index contributed by atoms with van der Waals surface area (Å²) >= 11 is -0.565. The van der Waals surface area contributed by atoms with Gasteiger partial charge in [0.15, 0.2) is 0 Å². The molecule has 0 nitrogen and oxygen atoms in total. The summed E-state index contributed by atoms with van der Waals surface area (Å²) in [6, 6.07) is 40.6. The van der Waals surface area contributed by atoms with Crippen molar-refractivity contribution in [2.45, 2.75) is 17.9 Å². The van der Waals surface area contributed by atoms with Crippen LogP contribution in [0, 0.1) is 0 Å². The van der Waals surface area contributed by atoms with Crippen molar-refractivity contribution in [3.05, 3.63) is 143 Å². The molecule has 0 bridgehead atoms. The second-order valence-corrected chi connectivity index (χ2v) is 13.7. The molecule has 0 radical (unpaired) electrons. The van der Waals surface area contributed by atoms with Crippen LogP contribution in [0.15, 0.2) is 120 Å². The molecule has 4 aromatic rings. The van der Waals surface area contributed by atoms with Crippen LogP contribution in [0.25, 0.3) is 9.78 Å². The average Bonchev–Trinajstić information content (AvgIpc) is 3.35. The lowest BCUT2D eigenvalue weighted by atomic mass is 10.1. The minimum atomic E-state index is -1.11. The maximum Gasteiger partial charge on any atom is 0.426 e. The molecule has 4 aromatic carbocycles. The maximum absolute atomic E-state index is 2.41. The largest absolute Gasteiger partial charge is 0.426 e. The fourth-order valence-electron chi connectivity index (χ4n) is 5.80. The third-order valence-corrected chi connectivity index (χ3v) is 13.2. The Balaban J connectivity index is 1.57. The molecule has 0 saturated carbocycles. The molecule has 0 heterocycles. The number of benzene rings is 4. The molecule has 0 N–H and O–H groups in total. The van der Waals surface area contributed by atoms with E-state index in [0.29, 0.717) is 4.05 Å². The summed E-state index contributed by atoms with van der Waals surface area (Å²) in [6.45, 7) is 4.75.